The number of hydrogen-bond donors (Lipinski definition) is 1. The van der Waals surface area contributed by atoms with Gasteiger partial charge in [-0.15, -0.1) is 0 Å². The first-order valence-electron chi connectivity index (χ1n) is 6.74. The summed E-state index contributed by atoms with van der Waals surface area (Å²) in [5.41, 5.74) is 0.296. The first-order valence-corrected chi connectivity index (χ1v) is 6.74. The Balaban J connectivity index is 2.14. The van der Waals surface area contributed by atoms with Gasteiger partial charge in [0, 0.05) is 45.4 Å². The largest absolute Gasteiger partial charge is 0.381 e. The van der Waals surface area contributed by atoms with Gasteiger partial charge in [-0.1, -0.05) is 6.07 Å². The van der Waals surface area contributed by atoms with Gasteiger partial charge in [0.1, 0.15) is 5.82 Å². The third-order valence-corrected chi connectivity index (χ3v) is 3.80. The average Bonchev–Trinajstić information content (AvgIpc) is 2.45. The van der Waals surface area contributed by atoms with Crippen LogP contribution in [0.4, 0.5) is 10.1 Å². The minimum absolute atomic E-state index is 0.103. The molecule has 1 heterocycles. The van der Waals surface area contributed by atoms with Gasteiger partial charge in [0.05, 0.1) is 11.2 Å². The monoisotopic (exact) mass is 281 g/mol. The molecule has 4 nitrogen and oxygen atoms in total. The molecule has 0 aromatic heterocycles. The summed E-state index contributed by atoms with van der Waals surface area (Å²) in [6, 6.07) is 4.60. The molecular weight excluding hydrogens is 261 g/mol. The summed E-state index contributed by atoms with van der Waals surface area (Å²) in [5.74, 6) is -0.787. The Kier molecular flexibility index (Phi) is 4.73. The lowest BCUT2D eigenvalue weighted by molar-refractivity contribution is -0.0807. The predicted octanol–water partition coefficient (Wildman–Crippen LogP) is 2.64. The van der Waals surface area contributed by atoms with Gasteiger partial charge in [-0.2, -0.15) is 0 Å². The molecule has 0 amide bonds. The number of ketones is 1. The second-order valence-electron chi connectivity index (χ2n) is 5.07. The maximum absolute atomic E-state index is 13.7. The van der Waals surface area contributed by atoms with E-state index in [2.05, 4.69) is 5.32 Å². The van der Waals surface area contributed by atoms with E-state index in [1.807, 2.05) is 0 Å². The molecule has 1 aromatic carbocycles. The number of halogens is 1. The zero-order chi connectivity index (χ0) is 14.6. The summed E-state index contributed by atoms with van der Waals surface area (Å²) in [7, 11) is 1.67. The standard InChI is InChI=1S/C15H20FNO3/c1-11(18)14-12(16)4-3-5-13(14)17-10-15(19-2)6-8-20-9-7-15/h3-5,17H,6-10H2,1-2H3. The van der Waals surface area contributed by atoms with Crippen LogP contribution in [0.1, 0.15) is 30.1 Å². The Morgan fingerprint density at radius 3 is 2.75 bits per heavy atom. The number of carbonyl (C=O) groups excluding carboxylic acids is 1. The molecule has 1 aromatic rings. The highest BCUT2D eigenvalue weighted by molar-refractivity contribution is 5.99. The van der Waals surface area contributed by atoms with Crippen molar-refractivity contribution < 1.29 is 18.7 Å². The Morgan fingerprint density at radius 1 is 1.45 bits per heavy atom. The molecule has 1 N–H and O–H groups in total. The summed E-state index contributed by atoms with van der Waals surface area (Å²) in [4.78, 5) is 11.6. The number of methoxy groups -OCH3 is 1. The lowest BCUT2D eigenvalue weighted by Crippen LogP contribution is -2.44. The highest BCUT2D eigenvalue weighted by atomic mass is 19.1. The molecule has 2 rings (SSSR count). The lowest BCUT2D eigenvalue weighted by Gasteiger charge is -2.36. The fourth-order valence-corrected chi connectivity index (χ4v) is 2.48. The third-order valence-electron chi connectivity index (χ3n) is 3.80. The third kappa shape index (κ3) is 3.16. The van der Waals surface area contributed by atoms with Crippen LogP contribution >= 0.6 is 0 Å². The van der Waals surface area contributed by atoms with E-state index in [1.165, 1.54) is 13.0 Å². The Bertz CT molecular complexity index is 484. The van der Waals surface area contributed by atoms with E-state index in [0.717, 1.165) is 12.8 Å². The maximum Gasteiger partial charge on any atom is 0.164 e. The van der Waals surface area contributed by atoms with Crippen LogP contribution in [0, 0.1) is 5.82 Å². The molecule has 1 saturated heterocycles. The number of carbonyl (C=O) groups is 1. The number of rotatable bonds is 5. The average molecular weight is 281 g/mol. The van der Waals surface area contributed by atoms with Crippen molar-refractivity contribution in [3.63, 3.8) is 0 Å². The predicted molar refractivity (Wildman–Crippen MR) is 74.7 cm³/mol. The van der Waals surface area contributed by atoms with Gasteiger partial charge in [0.15, 0.2) is 5.78 Å². The molecular formula is C15H20FNO3. The topological polar surface area (TPSA) is 47.6 Å². The van der Waals surface area contributed by atoms with Crippen molar-refractivity contribution in [3.05, 3.63) is 29.6 Å². The maximum atomic E-state index is 13.7. The van der Waals surface area contributed by atoms with E-state index in [1.54, 1.807) is 19.2 Å². The molecule has 5 heteroatoms. The van der Waals surface area contributed by atoms with Crippen LogP contribution in [0.2, 0.25) is 0 Å². The molecule has 0 atom stereocenters. The first-order chi connectivity index (χ1) is 9.58. The number of anilines is 1. The molecule has 0 aliphatic carbocycles. The quantitative estimate of drug-likeness (QED) is 0.843. The molecule has 1 aliphatic rings. The highest BCUT2D eigenvalue weighted by Gasteiger charge is 2.32. The second kappa shape index (κ2) is 6.33. The van der Waals surface area contributed by atoms with Crippen LogP contribution in [0.5, 0.6) is 0 Å². The van der Waals surface area contributed by atoms with Crippen molar-refractivity contribution in [2.75, 3.05) is 32.2 Å². The van der Waals surface area contributed by atoms with Crippen molar-refractivity contribution in [2.45, 2.75) is 25.4 Å². The molecule has 1 fully saturated rings. The fraction of sp³-hybridized carbons (Fsp3) is 0.533. The Labute approximate surface area is 118 Å². The minimum Gasteiger partial charge on any atom is -0.381 e. The number of hydrogen-bond acceptors (Lipinski definition) is 4. The zero-order valence-corrected chi connectivity index (χ0v) is 11.9. The van der Waals surface area contributed by atoms with E-state index in [9.17, 15) is 9.18 Å². The molecule has 0 radical (unpaired) electrons. The zero-order valence-electron chi connectivity index (χ0n) is 11.9. The Morgan fingerprint density at radius 2 is 2.15 bits per heavy atom. The van der Waals surface area contributed by atoms with E-state index < -0.39 is 5.82 Å². The van der Waals surface area contributed by atoms with Gasteiger partial charge < -0.3 is 14.8 Å². The lowest BCUT2D eigenvalue weighted by atomic mass is 9.93. The van der Waals surface area contributed by atoms with Crippen LogP contribution in [-0.4, -0.2) is 38.3 Å². The van der Waals surface area contributed by atoms with Crippen molar-refractivity contribution in [1.82, 2.24) is 0 Å². The van der Waals surface area contributed by atoms with Crippen molar-refractivity contribution >= 4 is 11.5 Å². The molecule has 110 valence electrons. The number of ether oxygens (including phenoxy) is 2. The number of Topliss-reactive ketones (excluding diaryl/α,β-unsaturated/α-hetero) is 1. The SMILES string of the molecule is COC1(CNc2cccc(F)c2C(C)=O)CCOCC1. The normalized spacial score (nSPS) is 17.8. The van der Waals surface area contributed by atoms with E-state index in [-0.39, 0.29) is 16.9 Å². The Hall–Kier alpha value is -1.46. The van der Waals surface area contributed by atoms with Crippen LogP contribution in [0.25, 0.3) is 0 Å². The van der Waals surface area contributed by atoms with Gasteiger partial charge in [-0.3, -0.25) is 4.79 Å². The van der Waals surface area contributed by atoms with Crippen LogP contribution < -0.4 is 5.32 Å². The summed E-state index contributed by atoms with van der Waals surface area (Å²) >= 11 is 0. The fourth-order valence-electron chi connectivity index (χ4n) is 2.48. The van der Waals surface area contributed by atoms with E-state index >= 15 is 0 Å². The van der Waals surface area contributed by atoms with Gasteiger partial charge in [0.2, 0.25) is 0 Å². The minimum atomic E-state index is -0.499. The van der Waals surface area contributed by atoms with Crippen molar-refractivity contribution in [1.29, 1.82) is 0 Å². The molecule has 0 saturated carbocycles. The summed E-state index contributed by atoms with van der Waals surface area (Å²) in [5, 5.41) is 3.16. The summed E-state index contributed by atoms with van der Waals surface area (Å²) in [6.45, 7) is 3.19. The van der Waals surface area contributed by atoms with Crippen LogP contribution in [0.3, 0.4) is 0 Å². The number of nitrogens with one attached hydrogen (secondary N) is 1. The smallest absolute Gasteiger partial charge is 0.164 e. The van der Waals surface area contributed by atoms with Gasteiger partial charge in [-0.25, -0.2) is 4.39 Å². The summed E-state index contributed by atoms with van der Waals surface area (Å²) < 4.78 is 24.7. The van der Waals surface area contributed by atoms with Crippen LogP contribution in [-0.2, 0) is 9.47 Å². The van der Waals surface area contributed by atoms with Gasteiger partial charge in [0.25, 0.3) is 0 Å². The molecule has 1 aliphatic heterocycles. The van der Waals surface area contributed by atoms with Crippen LogP contribution in [0.15, 0.2) is 18.2 Å². The van der Waals surface area contributed by atoms with Gasteiger partial charge in [-0.05, 0) is 19.1 Å². The highest BCUT2D eigenvalue weighted by Crippen LogP contribution is 2.26. The number of benzene rings is 1. The second-order valence-corrected chi connectivity index (χ2v) is 5.07. The first kappa shape index (κ1) is 14.9. The van der Waals surface area contributed by atoms with E-state index in [0.29, 0.717) is 25.4 Å². The molecule has 0 spiro atoms. The van der Waals surface area contributed by atoms with Crippen molar-refractivity contribution in [2.24, 2.45) is 0 Å². The molecule has 0 bridgehead atoms. The van der Waals surface area contributed by atoms with E-state index in [4.69, 9.17) is 9.47 Å². The summed E-state index contributed by atoms with van der Waals surface area (Å²) in [6.07, 6.45) is 1.56. The molecule has 0 unspecified atom stereocenters. The molecule has 20 heavy (non-hydrogen) atoms. The van der Waals surface area contributed by atoms with Gasteiger partial charge >= 0.3 is 0 Å². The van der Waals surface area contributed by atoms with Crippen molar-refractivity contribution in [3.8, 4) is 0 Å².